The second-order valence-corrected chi connectivity index (χ2v) is 13.4. The Morgan fingerprint density at radius 2 is 1.72 bits per heavy atom. The molecule has 0 aromatic carbocycles. The highest BCUT2D eigenvalue weighted by atomic mass is 32.2. The van der Waals surface area contributed by atoms with Gasteiger partial charge in [0.05, 0.1) is 22.7 Å². The van der Waals surface area contributed by atoms with Gasteiger partial charge in [0.1, 0.15) is 0 Å². The Hall–Kier alpha value is 0.1000. The third kappa shape index (κ3) is 3.58. The van der Waals surface area contributed by atoms with Gasteiger partial charge >= 0.3 is 17.3 Å². The number of hydrogen-bond acceptors (Lipinski definition) is 7. The number of hydrogen-bond donors (Lipinski definition) is 0. The summed E-state index contributed by atoms with van der Waals surface area (Å²) in [7, 11) is 0. The summed E-state index contributed by atoms with van der Waals surface area (Å²) in [6, 6.07) is 0. The molecule has 6 fully saturated rings. The third-order valence-corrected chi connectivity index (χ3v) is 12.4. The van der Waals surface area contributed by atoms with Crippen molar-refractivity contribution < 1.29 is 30.9 Å². The normalized spacial score (nSPS) is 48.9. The van der Waals surface area contributed by atoms with Crippen LogP contribution < -0.4 is 0 Å². The zero-order valence-corrected chi connectivity index (χ0v) is 18.8. The first-order valence-electron chi connectivity index (χ1n) is 10.2. The Balaban J connectivity index is 1.30. The number of thioether (sulfide) groups is 2. The van der Waals surface area contributed by atoms with Crippen LogP contribution in [0.2, 0.25) is 0 Å². The predicted octanol–water partition coefficient (Wildman–Crippen LogP) is 3.80. The van der Waals surface area contributed by atoms with Crippen LogP contribution in [0.15, 0.2) is 0 Å². The summed E-state index contributed by atoms with van der Waals surface area (Å²) in [5, 5.41) is 0. The molecule has 29 heavy (non-hydrogen) atoms. The van der Waals surface area contributed by atoms with Crippen LogP contribution >= 0.6 is 23.5 Å². The maximum Gasteiger partial charge on any atom is 0.312 e. The van der Waals surface area contributed by atoms with Gasteiger partial charge in [-0.1, -0.05) is 0 Å². The first-order valence-corrected chi connectivity index (χ1v) is 13.1. The van der Waals surface area contributed by atoms with Crippen LogP contribution in [0, 0.1) is 28.6 Å². The largest absolute Gasteiger partial charge is 0.459 e. The highest BCUT2D eigenvalue weighted by molar-refractivity contribution is 8.18. The molecule has 164 valence electrons. The van der Waals surface area contributed by atoms with Crippen LogP contribution in [0.1, 0.15) is 39.0 Å². The maximum absolute atomic E-state index is 13.2. The van der Waals surface area contributed by atoms with E-state index in [1.807, 2.05) is 23.5 Å². The predicted molar refractivity (Wildman–Crippen MR) is 108 cm³/mol. The van der Waals surface area contributed by atoms with Gasteiger partial charge in [0.15, 0.2) is 6.61 Å². The second-order valence-electron chi connectivity index (χ2n) is 9.80. The first kappa shape index (κ1) is 21.0. The fourth-order valence-electron chi connectivity index (χ4n) is 6.20. The van der Waals surface area contributed by atoms with Crippen molar-refractivity contribution in [3.63, 3.8) is 0 Å². The average Bonchev–Trinajstić information content (AvgIpc) is 2.67. The van der Waals surface area contributed by atoms with E-state index in [4.69, 9.17) is 13.1 Å². The van der Waals surface area contributed by atoms with Gasteiger partial charge in [0, 0.05) is 23.8 Å². The smallest absolute Gasteiger partial charge is 0.312 e. The molecule has 0 N–H and O–H groups in total. The number of carbonyl (C=O) groups excluding carboxylic acids is 1. The van der Waals surface area contributed by atoms with Crippen molar-refractivity contribution in [1.82, 2.24) is 0 Å². The minimum atomic E-state index is -2.99. The first-order chi connectivity index (χ1) is 13.6. The van der Waals surface area contributed by atoms with Crippen LogP contribution in [0.25, 0.3) is 0 Å². The van der Waals surface area contributed by atoms with Gasteiger partial charge in [-0.05, 0) is 49.9 Å². The van der Waals surface area contributed by atoms with Crippen molar-refractivity contribution in [2.24, 2.45) is 28.6 Å². The van der Waals surface area contributed by atoms with E-state index in [1.54, 1.807) is 0 Å². The Labute approximate surface area is 180 Å². The molecule has 6 aliphatic rings. The van der Waals surface area contributed by atoms with Crippen molar-refractivity contribution in [2.45, 2.75) is 49.0 Å². The molecule has 0 amide bonds. The standard InChI is InChI=1S/C19H26F2O5S3/c1-16(20,21)7-24-15(22)18-4-12-2-13(5-18)19(14(3-12)6-18)27-10-17(11-28-19)8-25-29(23)26-9-17/h12-14H,2-11H2,1H3. The number of ether oxygens (including phenoxy) is 1. The van der Waals surface area contributed by atoms with E-state index in [-0.39, 0.29) is 9.49 Å². The van der Waals surface area contributed by atoms with Crippen LogP contribution in [0.3, 0.4) is 0 Å². The van der Waals surface area contributed by atoms with E-state index in [0.29, 0.717) is 31.0 Å². The zero-order valence-electron chi connectivity index (χ0n) is 16.3. The van der Waals surface area contributed by atoms with Crippen molar-refractivity contribution in [1.29, 1.82) is 0 Å². The zero-order chi connectivity index (χ0) is 20.5. The Kier molecular flexibility index (Phi) is 5.10. The molecule has 2 aliphatic heterocycles. The molecule has 0 aromatic rings. The van der Waals surface area contributed by atoms with Crippen molar-refractivity contribution in [3.05, 3.63) is 0 Å². The number of alkyl halides is 2. The van der Waals surface area contributed by atoms with E-state index < -0.39 is 35.3 Å². The average molecular weight is 469 g/mol. The third-order valence-electron chi connectivity index (χ3n) is 7.35. The summed E-state index contributed by atoms with van der Waals surface area (Å²) >= 11 is 2.31. The molecule has 2 spiro atoms. The molecule has 4 saturated carbocycles. The topological polar surface area (TPSA) is 61.8 Å². The van der Waals surface area contributed by atoms with E-state index >= 15 is 0 Å². The van der Waals surface area contributed by atoms with Crippen molar-refractivity contribution >= 4 is 40.9 Å². The molecule has 6 rings (SSSR count). The molecule has 2 unspecified atom stereocenters. The summed E-state index contributed by atoms with van der Waals surface area (Å²) in [6.45, 7) is 0.866. The summed E-state index contributed by atoms with van der Waals surface area (Å²) < 4.78 is 53.5. The summed E-state index contributed by atoms with van der Waals surface area (Å²) in [6.07, 6.45) is 4.51. The molecule has 10 heteroatoms. The lowest BCUT2D eigenvalue weighted by Crippen LogP contribution is -2.62. The van der Waals surface area contributed by atoms with Crippen LogP contribution in [-0.2, 0) is 29.3 Å². The van der Waals surface area contributed by atoms with Crippen molar-refractivity contribution in [2.75, 3.05) is 31.3 Å². The molecule has 2 saturated heterocycles. The monoisotopic (exact) mass is 468 g/mol. The van der Waals surface area contributed by atoms with Gasteiger partial charge in [-0.3, -0.25) is 13.2 Å². The quantitative estimate of drug-likeness (QED) is 0.584. The molecule has 4 aliphatic carbocycles. The van der Waals surface area contributed by atoms with Crippen molar-refractivity contribution in [3.8, 4) is 0 Å². The lowest BCUT2D eigenvalue weighted by atomic mass is 9.49. The highest BCUT2D eigenvalue weighted by Gasteiger charge is 2.67. The van der Waals surface area contributed by atoms with E-state index in [2.05, 4.69) is 0 Å². The van der Waals surface area contributed by atoms with Gasteiger partial charge in [-0.2, -0.15) is 4.21 Å². The lowest BCUT2D eigenvalue weighted by Gasteiger charge is -2.65. The highest BCUT2D eigenvalue weighted by Crippen LogP contribution is 2.72. The fraction of sp³-hybridized carbons (Fsp3) is 0.947. The summed E-state index contributed by atoms with van der Waals surface area (Å²) in [5.41, 5.74) is -0.677. The number of esters is 1. The molecule has 2 heterocycles. The van der Waals surface area contributed by atoms with E-state index in [0.717, 1.165) is 50.5 Å². The lowest BCUT2D eigenvalue weighted by molar-refractivity contribution is -0.180. The maximum atomic E-state index is 13.2. The Morgan fingerprint density at radius 3 is 2.28 bits per heavy atom. The van der Waals surface area contributed by atoms with Gasteiger partial charge in [0.25, 0.3) is 5.92 Å². The van der Waals surface area contributed by atoms with E-state index in [9.17, 15) is 17.8 Å². The number of carbonyl (C=O) groups is 1. The second kappa shape index (κ2) is 7.05. The number of halogens is 2. The van der Waals surface area contributed by atoms with Crippen LogP contribution in [0.5, 0.6) is 0 Å². The molecular weight excluding hydrogens is 442 g/mol. The minimum Gasteiger partial charge on any atom is -0.459 e. The SMILES string of the molecule is CC(F)(F)COC(=O)C12CC3CC(C1)C1(SCC4(COS(=O)OC4)CS1)C(C3)C2. The minimum absolute atomic E-state index is 0.0806. The Morgan fingerprint density at radius 1 is 1.14 bits per heavy atom. The van der Waals surface area contributed by atoms with Crippen LogP contribution in [-0.4, -0.2) is 51.5 Å². The molecule has 2 atom stereocenters. The Bertz CT molecular complexity index is 689. The van der Waals surface area contributed by atoms with Gasteiger partial charge < -0.3 is 4.74 Å². The fourth-order valence-corrected chi connectivity index (χ4v) is 11.0. The molecular formula is C19H26F2O5S3. The molecule has 4 bridgehead atoms. The van der Waals surface area contributed by atoms with Gasteiger partial charge in [-0.15, -0.1) is 23.5 Å². The molecule has 0 radical (unpaired) electrons. The molecule has 5 nitrogen and oxygen atoms in total. The van der Waals surface area contributed by atoms with Crippen LogP contribution in [0.4, 0.5) is 8.78 Å². The van der Waals surface area contributed by atoms with Gasteiger partial charge in [-0.25, -0.2) is 8.78 Å². The van der Waals surface area contributed by atoms with E-state index in [1.165, 1.54) is 0 Å². The summed E-state index contributed by atoms with van der Waals surface area (Å²) in [4.78, 5) is 12.9. The molecule has 0 aromatic heterocycles. The number of rotatable bonds is 3. The summed E-state index contributed by atoms with van der Waals surface area (Å²) in [5.74, 6) is -0.314. The van der Waals surface area contributed by atoms with Gasteiger partial charge in [0.2, 0.25) is 0 Å².